The first-order chi connectivity index (χ1) is 7.38. The van der Waals surface area contributed by atoms with Gasteiger partial charge < -0.3 is 14.2 Å². The summed E-state index contributed by atoms with van der Waals surface area (Å²) in [5.74, 6) is 1.14. The number of hydrogen-bond acceptors (Lipinski definition) is 4. The van der Waals surface area contributed by atoms with E-state index in [1.807, 2.05) is 13.8 Å². The summed E-state index contributed by atoms with van der Waals surface area (Å²) < 4.78 is 15.2. The molecule has 0 saturated carbocycles. The molecule has 0 aliphatic heterocycles. The maximum absolute atomic E-state index is 5.31. The second-order valence-corrected chi connectivity index (χ2v) is 2.35. The first kappa shape index (κ1) is 13.7. The molecule has 0 bridgehead atoms. The Morgan fingerprint density at radius 1 is 1.20 bits per heavy atom. The van der Waals surface area contributed by atoms with Crippen molar-refractivity contribution in [2.75, 3.05) is 27.4 Å². The van der Waals surface area contributed by atoms with Crippen LogP contribution in [-0.2, 0) is 4.74 Å². The Hall–Kier alpha value is -1.29. The van der Waals surface area contributed by atoms with Crippen LogP contribution >= 0.6 is 0 Å². The lowest BCUT2D eigenvalue weighted by Gasteiger charge is -2.07. The third kappa shape index (κ3) is 5.22. The molecule has 0 atom stereocenters. The van der Waals surface area contributed by atoms with Gasteiger partial charge in [-0.2, -0.15) is 0 Å². The van der Waals surface area contributed by atoms with Crippen molar-refractivity contribution in [3.63, 3.8) is 0 Å². The van der Waals surface area contributed by atoms with Crippen molar-refractivity contribution < 1.29 is 14.2 Å². The molecule has 0 aliphatic carbocycles. The molecule has 15 heavy (non-hydrogen) atoms. The average Bonchev–Trinajstić information content (AvgIpc) is 2.33. The Labute approximate surface area is 91.2 Å². The number of nitrogens with zero attached hydrogens (tertiary/aromatic N) is 1. The van der Waals surface area contributed by atoms with Crippen LogP contribution in [0.2, 0.25) is 0 Å². The number of aromatic nitrogens is 1. The van der Waals surface area contributed by atoms with E-state index >= 15 is 0 Å². The van der Waals surface area contributed by atoms with Crippen LogP contribution in [0, 0.1) is 0 Å². The molecule has 0 fully saturated rings. The van der Waals surface area contributed by atoms with Gasteiger partial charge in [0.2, 0.25) is 0 Å². The molecular formula is C11H19NO3. The van der Waals surface area contributed by atoms with Crippen molar-refractivity contribution >= 4 is 0 Å². The summed E-state index contributed by atoms with van der Waals surface area (Å²) in [5, 5.41) is 0. The molecule has 0 unspecified atom stereocenters. The van der Waals surface area contributed by atoms with Crippen LogP contribution in [0.1, 0.15) is 13.8 Å². The standard InChI is InChI=1S/C9H13NO3.C2H6/c1-11-6-7-13-9-8(12-2)4-3-5-10-9;1-2/h3-5H,6-7H2,1-2H3;1-2H3. The molecule has 1 heterocycles. The molecule has 4 nitrogen and oxygen atoms in total. The van der Waals surface area contributed by atoms with Gasteiger partial charge in [-0.1, -0.05) is 13.8 Å². The van der Waals surface area contributed by atoms with Crippen LogP contribution in [0.4, 0.5) is 0 Å². The van der Waals surface area contributed by atoms with Crippen LogP contribution in [0.25, 0.3) is 0 Å². The summed E-state index contributed by atoms with van der Waals surface area (Å²) in [6.07, 6.45) is 1.66. The maximum atomic E-state index is 5.31. The highest BCUT2D eigenvalue weighted by Gasteiger charge is 2.02. The van der Waals surface area contributed by atoms with Crippen molar-refractivity contribution in [2.24, 2.45) is 0 Å². The first-order valence-electron chi connectivity index (χ1n) is 4.99. The van der Waals surface area contributed by atoms with E-state index in [1.165, 1.54) is 0 Å². The topological polar surface area (TPSA) is 40.6 Å². The van der Waals surface area contributed by atoms with Crippen molar-refractivity contribution in [3.8, 4) is 11.6 Å². The Bertz CT molecular complexity index is 253. The molecule has 4 heteroatoms. The second-order valence-electron chi connectivity index (χ2n) is 2.35. The van der Waals surface area contributed by atoms with E-state index in [4.69, 9.17) is 14.2 Å². The van der Waals surface area contributed by atoms with Crippen LogP contribution in [-0.4, -0.2) is 32.4 Å². The van der Waals surface area contributed by atoms with Crippen LogP contribution in [0.5, 0.6) is 11.6 Å². The van der Waals surface area contributed by atoms with Gasteiger partial charge in [-0.15, -0.1) is 0 Å². The predicted molar refractivity (Wildman–Crippen MR) is 59.5 cm³/mol. The van der Waals surface area contributed by atoms with Gasteiger partial charge in [0, 0.05) is 13.3 Å². The molecule has 86 valence electrons. The van der Waals surface area contributed by atoms with Crippen LogP contribution < -0.4 is 9.47 Å². The van der Waals surface area contributed by atoms with E-state index in [9.17, 15) is 0 Å². The van der Waals surface area contributed by atoms with Gasteiger partial charge in [0.05, 0.1) is 13.7 Å². The molecule has 1 aromatic heterocycles. The first-order valence-corrected chi connectivity index (χ1v) is 4.99. The molecule has 0 radical (unpaired) electrons. The zero-order chi connectivity index (χ0) is 11.5. The lowest BCUT2D eigenvalue weighted by Crippen LogP contribution is -2.06. The normalized spacial score (nSPS) is 8.80. The Balaban J connectivity index is 0.000000921. The molecule has 0 amide bonds. The molecule has 0 N–H and O–H groups in total. The quantitative estimate of drug-likeness (QED) is 0.703. The van der Waals surface area contributed by atoms with E-state index in [-0.39, 0.29) is 0 Å². The van der Waals surface area contributed by atoms with Crippen molar-refractivity contribution in [3.05, 3.63) is 18.3 Å². The lowest BCUT2D eigenvalue weighted by molar-refractivity contribution is 0.141. The zero-order valence-electron chi connectivity index (χ0n) is 9.82. The Morgan fingerprint density at radius 3 is 2.53 bits per heavy atom. The Morgan fingerprint density at radius 2 is 1.93 bits per heavy atom. The number of methoxy groups -OCH3 is 2. The minimum atomic E-state index is 0.476. The van der Waals surface area contributed by atoms with E-state index in [0.29, 0.717) is 24.8 Å². The molecule has 0 aliphatic rings. The fourth-order valence-corrected chi connectivity index (χ4v) is 0.861. The van der Waals surface area contributed by atoms with Gasteiger partial charge in [0.1, 0.15) is 6.61 Å². The molecular weight excluding hydrogens is 194 g/mol. The number of pyridine rings is 1. The van der Waals surface area contributed by atoms with Gasteiger partial charge in [-0.3, -0.25) is 0 Å². The summed E-state index contributed by atoms with van der Waals surface area (Å²) in [4.78, 5) is 4.02. The van der Waals surface area contributed by atoms with Crippen molar-refractivity contribution in [2.45, 2.75) is 13.8 Å². The fraction of sp³-hybridized carbons (Fsp3) is 0.545. The SMILES string of the molecule is CC.COCCOc1ncccc1OC. The van der Waals surface area contributed by atoms with Gasteiger partial charge in [0.15, 0.2) is 5.75 Å². The molecule has 1 aromatic rings. The second kappa shape index (κ2) is 9.27. The highest BCUT2D eigenvalue weighted by atomic mass is 16.5. The minimum absolute atomic E-state index is 0.476. The van der Waals surface area contributed by atoms with E-state index in [0.717, 1.165) is 0 Å². The smallest absolute Gasteiger partial charge is 0.257 e. The van der Waals surface area contributed by atoms with Gasteiger partial charge in [-0.25, -0.2) is 4.98 Å². The predicted octanol–water partition coefficient (Wildman–Crippen LogP) is 2.14. The van der Waals surface area contributed by atoms with E-state index in [2.05, 4.69) is 4.98 Å². The number of hydrogen-bond donors (Lipinski definition) is 0. The average molecular weight is 213 g/mol. The van der Waals surface area contributed by atoms with Gasteiger partial charge in [-0.05, 0) is 12.1 Å². The van der Waals surface area contributed by atoms with Crippen molar-refractivity contribution in [1.82, 2.24) is 4.98 Å². The number of rotatable bonds is 5. The minimum Gasteiger partial charge on any atom is -0.491 e. The van der Waals surface area contributed by atoms with Crippen LogP contribution in [0.15, 0.2) is 18.3 Å². The molecule has 0 aromatic carbocycles. The zero-order valence-corrected chi connectivity index (χ0v) is 9.82. The number of ether oxygens (including phenoxy) is 3. The maximum Gasteiger partial charge on any atom is 0.257 e. The fourth-order valence-electron chi connectivity index (χ4n) is 0.861. The van der Waals surface area contributed by atoms with E-state index in [1.54, 1.807) is 32.5 Å². The summed E-state index contributed by atoms with van der Waals surface area (Å²) in [6.45, 7) is 5.02. The third-order valence-corrected chi connectivity index (χ3v) is 1.48. The van der Waals surface area contributed by atoms with Gasteiger partial charge >= 0.3 is 0 Å². The summed E-state index contributed by atoms with van der Waals surface area (Å²) in [6, 6.07) is 3.59. The highest BCUT2D eigenvalue weighted by Crippen LogP contribution is 2.22. The molecule has 1 rings (SSSR count). The highest BCUT2D eigenvalue weighted by molar-refractivity contribution is 5.32. The Kier molecular flexibility index (Phi) is 8.47. The third-order valence-electron chi connectivity index (χ3n) is 1.48. The lowest BCUT2D eigenvalue weighted by atomic mass is 10.4. The summed E-state index contributed by atoms with van der Waals surface area (Å²) >= 11 is 0. The summed E-state index contributed by atoms with van der Waals surface area (Å²) in [5.41, 5.74) is 0. The molecule has 0 saturated heterocycles. The summed E-state index contributed by atoms with van der Waals surface area (Å²) in [7, 11) is 3.21. The molecule has 0 spiro atoms. The van der Waals surface area contributed by atoms with E-state index < -0.39 is 0 Å². The monoisotopic (exact) mass is 213 g/mol. The van der Waals surface area contributed by atoms with Gasteiger partial charge in [0.25, 0.3) is 5.88 Å². The largest absolute Gasteiger partial charge is 0.491 e. The van der Waals surface area contributed by atoms with Crippen LogP contribution in [0.3, 0.4) is 0 Å². The van der Waals surface area contributed by atoms with Crippen molar-refractivity contribution in [1.29, 1.82) is 0 Å².